The molecule has 1 aromatic carbocycles. The maximum Gasteiger partial charge on any atom is 0.200 e. The highest BCUT2D eigenvalue weighted by Gasteiger charge is 2.13. The topological polar surface area (TPSA) is 60.8 Å². The third-order valence-corrected chi connectivity index (χ3v) is 3.12. The lowest BCUT2D eigenvalue weighted by molar-refractivity contribution is 0.677. The van der Waals surface area contributed by atoms with Gasteiger partial charge < -0.3 is 10.6 Å². The highest BCUT2D eigenvalue weighted by atomic mass is 35.5. The fourth-order valence-corrected chi connectivity index (χ4v) is 2.25. The summed E-state index contributed by atoms with van der Waals surface area (Å²) in [5, 5.41) is 10.5. The number of hydrogen-bond acceptors (Lipinski definition) is 5. The van der Waals surface area contributed by atoms with Gasteiger partial charge in [-0.1, -0.05) is 23.7 Å². The number of benzene rings is 1. The molecule has 114 valence electrons. The summed E-state index contributed by atoms with van der Waals surface area (Å²) < 4.78 is 0. The van der Waals surface area contributed by atoms with E-state index in [9.17, 15) is 0 Å². The van der Waals surface area contributed by atoms with Crippen molar-refractivity contribution in [1.29, 1.82) is 0 Å². The van der Waals surface area contributed by atoms with Crippen molar-refractivity contribution in [2.75, 3.05) is 6.54 Å². The first kappa shape index (κ1) is 15.6. The van der Waals surface area contributed by atoms with Gasteiger partial charge in [0.2, 0.25) is 0 Å². The molecule has 1 aliphatic rings. The lowest BCUT2D eigenvalue weighted by Gasteiger charge is -2.22. The molecule has 6 heteroatoms. The molecule has 0 saturated heterocycles. The van der Waals surface area contributed by atoms with Crippen molar-refractivity contribution < 1.29 is 0 Å². The minimum Gasteiger partial charge on any atom is -0.356 e. The molecule has 1 unspecified atom stereocenters. The molecule has 1 heterocycles. The second-order valence-corrected chi connectivity index (χ2v) is 5.75. The normalized spacial score (nSPS) is 17.9. The van der Waals surface area contributed by atoms with Gasteiger partial charge in [-0.25, -0.2) is 9.98 Å². The first-order valence-electron chi connectivity index (χ1n) is 7.20. The van der Waals surface area contributed by atoms with Crippen LogP contribution in [0.2, 0.25) is 5.02 Å². The van der Waals surface area contributed by atoms with Crippen LogP contribution in [0.15, 0.2) is 34.3 Å². The van der Waals surface area contributed by atoms with Crippen molar-refractivity contribution >= 4 is 23.5 Å². The maximum absolute atomic E-state index is 5.98. The number of rotatable bonds is 4. The van der Waals surface area contributed by atoms with E-state index in [0.29, 0.717) is 6.04 Å². The van der Waals surface area contributed by atoms with Crippen LogP contribution in [0.4, 0.5) is 0 Å². The molecule has 21 heavy (non-hydrogen) atoms. The Kier molecular flexibility index (Phi) is 5.44. The molecule has 0 bridgehead atoms. The molecule has 2 rings (SSSR count). The summed E-state index contributed by atoms with van der Waals surface area (Å²) in [5.41, 5.74) is 1.20. The Bertz CT molecular complexity index is 539. The third-order valence-electron chi connectivity index (χ3n) is 2.89. The fourth-order valence-electron chi connectivity index (χ4n) is 2.03. The highest BCUT2D eigenvalue weighted by Crippen LogP contribution is 2.10. The second kappa shape index (κ2) is 7.31. The summed E-state index contributed by atoms with van der Waals surface area (Å²) in [5.74, 6) is 1.51. The molecular weight excluding hydrogens is 286 g/mol. The summed E-state index contributed by atoms with van der Waals surface area (Å²) in [4.78, 5) is 8.83. The monoisotopic (exact) mass is 307 g/mol. The summed E-state index contributed by atoms with van der Waals surface area (Å²) in [6.45, 7) is 6.90. The highest BCUT2D eigenvalue weighted by molar-refractivity contribution is 6.30. The number of aliphatic imine (C=N–C) groups is 2. The van der Waals surface area contributed by atoms with Crippen LogP contribution >= 0.6 is 11.6 Å². The van der Waals surface area contributed by atoms with E-state index in [0.717, 1.165) is 29.9 Å². The average molecular weight is 308 g/mol. The van der Waals surface area contributed by atoms with Crippen molar-refractivity contribution in [2.45, 2.75) is 39.4 Å². The van der Waals surface area contributed by atoms with Crippen LogP contribution in [0.25, 0.3) is 0 Å². The van der Waals surface area contributed by atoms with Gasteiger partial charge >= 0.3 is 0 Å². The largest absolute Gasteiger partial charge is 0.356 e. The average Bonchev–Trinajstić information content (AvgIpc) is 2.37. The van der Waals surface area contributed by atoms with Crippen molar-refractivity contribution in [2.24, 2.45) is 9.98 Å². The molecule has 0 aliphatic carbocycles. The Hall–Kier alpha value is -1.75. The Morgan fingerprint density at radius 1 is 1.29 bits per heavy atom. The summed E-state index contributed by atoms with van der Waals surface area (Å²) in [7, 11) is 0. The fraction of sp³-hybridized carbons (Fsp3) is 0.467. The van der Waals surface area contributed by atoms with E-state index in [4.69, 9.17) is 11.6 Å². The van der Waals surface area contributed by atoms with E-state index < -0.39 is 0 Å². The van der Waals surface area contributed by atoms with E-state index in [1.807, 2.05) is 25.1 Å². The first-order valence-corrected chi connectivity index (χ1v) is 7.58. The second-order valence-electron chi connectivity index (χ2n) is 5.32. The molecule has 3 N–H and O–H groups in total. The van der Waals surface area contributed by atoms with Crippen LogP contribution in [0.1, 0.15) is 26.3 Å². The van der Waals surface area contributed by atoms with Crippen molar-refractivity contribution in [3.63, 3.8) is 0 Å². The predicted molar refractivity (Wildman–Crippen MR) is 88.9 cm³/mol. The van der Waals surface area contributed by atoms with Crippen LogP contribution in [0.5, 0.6) is 0 Å². The molecule has 0 spiro atoms. The molecule has 0 fully saturated rings. The minimum atomic E-state index is -0.0823. The van der Waals surface area contributed by atoms with Gasteiger partial charge in [-0.3, -0.25) is 5.32 Å². The molecule has 1 aromatic rings. The Morgan fingerprint density at radius 3 is 2.76 bits per heavy atom. The van der Waals surface area contributed by atoms with Gasteiger partial charge in [0.15, 0.2) is 11.9 Å². The van der Waals surface area contributed by atoms with E-state index in [1.165, 1.54) is 5.56 Å². The van der Waals surface area contributed by atoms with E-state index in [2.05, 4.69) is 45.8 Å². The van der Waals surface area contributed by atoms with Crippen molar-refractivity contribution in [3.05, 3.63) is 34.9 Å². The zero-order chi connectivity index (χ0) is 15.2. The van der Waals surface area contributed by atoms with Crippen LogP contribution in [-0.2, 0) is 6.42 Å². The molecule has 1 atom stereocenters. The summed E-state index contributed by atoms with van der Waals surface area (Å²) in [6.07, 6.45) is 0.806. The zero-order valence-corrected chi connectivity index (χ0v) is 13.4. The lowest BCUT2D eigenvalue weighted by Crippen LogP contribution is -2.51. The molecule has 1 aliphatic heterocycles. The van der Waals surface area contributed by atoms with E-state index >= 15 is 0 Å². The summed E-state index contributed by atoms with van der Waals surface area (Å²) in [6, 6.07) is 8.23. The number of nitrogens with zero attached hydrogens (tertiary/aromatic N) is 2. The van der Waals surface area contributed by atoms with Gasteiger partial charge in [-0.05, 0) is 44.9 Å². The van der Waals surface area contributed by atoms with Gasteiger partial charge in [0.1, 0.15) is 6.17 Å². The number of hydrogen-bond donors (Lipinski definition) is 3. The Balaban J connectivity index is 1.83. The van der Waals surface area contributed by atoms with Crippen LogP contribution < -0.4 is 16.0 Å². The summed E-state index contributed by atoms with van der Waals surface area (Å²) >= 11 is 5.98. The standard InChI is InChI=1S/C15H22ClN5/c1-10(2)18-15-20-11(3)19-14(21-15)17-8-7-12-5-4-6-13(16)9-12/h4-6,9-11H,7-8H2,1-3H3,(H3,17,18,19,20,21). The first-order chi connectivity index (χ1) is 10.0. The van der Waals surface area contributed by atoms with Gasteiger partial charge in [0, 0.05) is 17.6 Å². The molecule has 0 saturated carbocycles. The molecular formula is C15H22ClN5. The Labute approximate surface area is 130 Å². The van der Waals surface area contributed by atoms with Gasteiger partial charge in [-0.2, -0.15) is 0 Å². The van der Waals surface area contributed by atoms with Crippen LogP contribution in [-0.4, -0.2) is 30.7 Å². The molecule has 0 aromatic heterocycles. The smallest absolute Gasteiger partial charge is 0.200 e. The quantitative estimate of drug-likeness (QED) is 0.798. The number of halogens is 1. The van der Waals surface area contributed by atoms with Crippen LogP contribution in [0, 0.1) is 0 Å². The number of nitrogens with one attached hydrogen (secondary N) is 3. The lowest BCUT2D eigenvalue weighted by atomic mass is 10.1. The third kappa shape index (κ3) is 5.27. The zero-order valence-electron chi connectivity index (χ0n) is 12.7. The molecule has 0 amide bonds. The SMILES string of the molecule is CC1N=C(NCCc2cccc(Cl)c2)NC(NC(C)C)=N1. The van der Waals surface area contributed by atoms with Crippen LogP contribution in [0.3, 0.4) is 0 Å². The molecule has 0 radical (unpaired) electrons. The van der Waals surface area contributed by atoms with E-state index in [-0.39, 0.29) is 6.17 Å². The Morgan fingerprint density at radius 2 is 2.05 bits per heavy atom. The van der Waals surface area contributed by atoms with Gasteiger partial charge in [0.25, 0.3) is 0 Å². The van der Waals surface area contributed by atoms with E-state index in [1.54, 1.807) is 0 Å². The maximum atomic E-state index is 5.98. The molecule has 5 nitrogen and oxygen atoms in total. The minimum absolute atomic E-state index is 0.0823. The van der Waals surface area contributed by atoms with Crippen molar-refractivity contribution in [3.8, 4) is 0 Å². The van der Waals surface area contributed by atoms with Crippen molar-refractivity contribution in [1.82, 2.24) is 16.0 Å². The van der Waals surface area contributed by atoms with Gasteiger partial charge in [-0.15, -0.1) is 0 Å². The number of guanidine groups is 2. The predicted octanol–water partition coefficient (Wildman–Crippen LogP) is 2.13. The van der Waals surface area contributed by atoms with Gasteiger partial charge in [0.05, 0.1) is 0 Å².